The summed E-state index contributed by atoms with van der Waals surface area (Å²) in [6, 6.07) is 29.4. The van der Waals surface area contributed by atoms with E-state index in [2.05, 4.69) is 67.6 Å². The van der Waals surface area contributed by atoms with Crippen LogP contribution in [0.1, 0.15) is 11.1 Å². The van der Waals surface area contributed by atoms with Gasteiger partial charge >= 0.3 is 0 Å². The average Bonchev–Trinajstić information content (AvgIpc) is 2.74. The predicted molar refractivity (Wildman–Crippen MR) is 110 cm³/mol. The molecule has 0 amide bonds. The molecule has 1 aliphatic heterocycles. The van der Waals surface area contributed by atoms with Crippen molar-refractivity contribution in [2.75, 3.05) is 0 Å². The predicted octanol–water partition coefficient (Wildman–Crippen LogP) is 6.28. The Hall–Kier alpha value is -3.39. The van der Waals surface area contributed by atoms with E-state index in [-0.39, 0.29) is 0 Å². The van der Waals surface area contributed by atoms with Gasteiger partial charge in [-0.1, -0.05) is 72.3 Å². The quantitative estimate of drug-likeness (QED) is 0.425. The topological polar surface area (TPSA) is 22.1 Å². The summed E-state index contributed by atoms with van der Waals surface area (Å²) in [4.78, 5) is 5.06. The largest absolute Gasteiger partial charge is 0.488 e. The van der Waals surface area contributed by atoms with E-state index < -0.39 is 0 Å². The number of hydrogen-bond donors (Lipinski definition) is 0. The van der Waals surface area contributed by atoms with Gasteiger partial charge in [0.1, 0.15) is 12.4 Å². The third-order valence-electron chi connectivity index (χ3n) is 5.07. The molecule has 0 saturated carbocycles. The van der Waals surface area contributed by atoms with E-state index >= 15 is 0 Å². The van der Waals surface area contributed by atoms with E-state index in [4.69, 9.17) is 9.72 Å². The molecule has 2 nitrogen and oxygen atoms in total. The molecule has 2 heteroatoms. The maximum absolute atomic E-state index is 6.03. The average molecular weight is 349 g/mol. The maximum atomic E-state index is 6.03. The van der Waals surface area contributed by atoms with Crippen LogP contribution in [-0.4, -0.2) is 4.98 Å². The minimum Gasteiger partial charge on any atom is -0.488 e. The summed E-state index contributed by atoms with van der Waals surface area (Å²) in [6.07, 6.45) is 0. The van der Waals surface area contributed by atoms with Crippen molar-refractivity contribution in [2.45, 2.75) is 13.5 Å². The van der Waals surface area contributed by atoms with Crippen molar-refractivity contribution < 1.29 is 4.74 Å². The first-order valence-electron chi connectivity index (χ1n) is 9.18. The van der Waals surface area contributed by atoms with Crippen molar-refractivity contribution in [3.05, 3.63) is 96.1 Å². The number of para-hydroxylation sites is 1. The lowest BCUT2D eigenvalue weighted by atomic mass is 9.92. The molecule has 0 radical (unpaired) electrons. The van der Waals surface area contributed by atoms with Crippen LogP contribution < -0.4 is 4.74 Å². The fraction of sp³-hybridized carbons (Fsp3) is 0.0800. The number of rotatable bonds is 2. The lowest BCUT2D eigenvalue weighted by Crippen LogP contribution is -2.09. The van der Waals surface area contributed by atoms with Crippen LogP contribution in [0.15, 0.2) is 84.9 Å². The summed E-state index contributed by atoms with van der Waals surface area (Å²) in [5.41, 5.74) is 8.97. The standard InChI is InChI=1S/C25H19NO/c1-17-11-13-19(14-12-17)23-15-21(18-7-3-2-4-8-18)22-16-27-24-10-6-5-9-20(24)25(22)26-23/h2-15H,16H2,1H3. The fourth-order valence-corrected chi connectivity index (χ4v) is 3.63. The van der Waals surface area contributed by atoms with Crippen LogP contribution >= 0.6 is 0 Å². The van der Waals surface area contributed by atoms with Crippen LogP contribution in [0.5, 0.6) is 5.75 Å². The van der Waals surface area contributed by atoms with Crippen LogP contribution in [0.25, 0.3) is 33.6 Å². The Morgan fingerprint density at radius 3 is 2.30 bits per heavy atom. The first-order chi connectivity index (χ1) is 13.3. The summed E-state index contributed by atoms with van der Waals surface area (Å²) >= 11 is 0. The van der Waals surface area contributed by atoms with E-state index in [1.54, 1.807) is 0 Å². The zero-order valence-electron chi connectivity index (χ0n) is 15.1. The van der Waals surface area contributed by atoms with Crippen molar-refractivity contribution in [3.8, 4) is 39.4 Å². The van der Waals surface area contributed by atoms with Gasteiger partial charge in [0, 0.05) is 16.7 Å². The second-order valence-corrected chi connectivity index (χ2v) is 6.90. The molecular weight excluding hydrogens is 330 g/mol. The lowest BCUT2D eigenvalue weighted by molar-refractivity contribution is 0.302. The minimum absolute atomic E-state index is 0.539. The van der Waals surface area contributed by atoms with E-state index in [0.29, 0.717) is 6.61 Å². The van der Waals surface area contributed by atoms with Gasteiger partial charge in [-0.2, -0.15) is 0 Å². The zero-order valence-corrected chi connectivity index (χ0v) is 15.1. The maximum Gasteiger partial charge on any atom is 0.129 e. The molecule has 2 heterocycles. The normalized spacial score (nSPS) is 12.0. The Kier molecular flexibility index (Phi) is 3.75. The van der Waals surface area contributed by atoms with Gasteiger partial charge in [0.2, 0.25) is 0 Å². The van der Waals surface area contributed by atoms with Gasteiger partial charge in [-0.15, -0.1) is 0 Å². The summed E-state index contributed by atoms with van der Waals surface area (Å²) in [6.45, 7) is 2.64. The summed E-state index contributed by atoms with van der Waals surface area (Å²) < 4.78 is 6.03. The second-order valence-electron chi connectivity index (χ2n) is 6.90. The van der Waals surface area contributed by atoms with Crippen molar-refractivity contribution >= 4 is 0 Å². The molecule has 0 unspecified atom stereocenters. The Labute approximate surface area is 159 Å². The van der Waals surface area contributed by atoms with Crippen LogP contribution in [0, 0.1) is 6.92 Å². The van der Waals surface area contributed by atoms with Gasteiger partial charge in [0.25, 0.3) is 0 Å². The highest BCUT2D eigenvalue weighted by atomic mass is 16.5. The highest BCUT2D eigenvalue weighted by molar-refractivity contribution is 5.83. The van der Waals surface area contributed by atoms with Gasteiger partial charge in [0.05, 0.1) is 11.4 Å². The van der Waals surface area contributed by atoms with Crippen molar-refractivity contribution in [1.29, 1.82) is 0 Å². The number of nitrogens with zero attached hydrogens (tertiary/aromatic N) is 1. The number of ether oxygens (including phenoxy) is 1. The molecule has 4 aromatic rings. The number of fused-ring (bicyclic) bond motifs is 3. The molecule has 5 rings (SSSR count). The number of pyridine rings is 1. The molecule has 3 aromatic carbocycles. The van der Waals surface area contributed by atoms with E-state index in [9.17, 15) is 0 Å². The van der Waals surface area contributed by atoms with Gasteiger partial charge in [0.15, 0.2) is 0 Å². The summed E-state index contributed by atoms with van der Waals surface area (Å²) in [5, 5.41) is 0. The van der Waals surface area contributed by atoms with Gasteiger partial charge in [-0.25, -0.2) is 4.98 Å². The van der Waals surface area contributed by atoms with E-state index in [1.165, 1.54) is 16.7 Å². The van der Waals surface area contributed by atoms with Gasteiger partial charge in [-0.3, -0.25) is 0 Å². The molecule has 0 spiro atoms. The smallest absolute Gasteiger partial charge is 0.129 e. The lowest BCUT2D eigenvalue weighted by Gasteiger charge is -2.23. The molecule has 130 valence electrons. The summed E-state index contributed by atoms with van der Waals surface area (Å²) in [5.74, 6) is 0.901. The van der Waals surface area contributed by atoms with Crippen LogP contribution in [0.3, 0.4) is 0 Å². The Morgan fingerprint density at radius 1 is 0.741 bits per heavy atom. The highest BCUT2D eigenvalue weighted by Gasteiger charge is 2.23. The molecular formula is C25H19NO. The molecule has 0 aliphatic carbocycles. The molecule has 27 heavy (non-hydrogen) atoms. The zero-order chi connectivity index (χ0) is 18.2. The molecule has 0 fully saturated rings. The van der Waals surface area contributed by atoms with Crippen molar-refractivity contribution in [1.82, 2.24) is 4.98 Å². The molecule has 0 atom stereocenters. The van der Waals surface area contributed by atoms with Gasteiger partial charge in [-0.05, 0) is 36.2 Å². The highest BCUT2D eigenvalue weighted by Crippen LogP contribution is 2.41. The minimum atomic E-state index is 0.539. The first kappa shape index (κ1) is 15.8. The molecule has 1 aliphatic rings. The van der Waals surface area contributed by atoms with Gasteiger partial charge < -0.3 is 4.74 Å². The summed E-state index contributed by atoms with van der Waals surface area (Å²) in [7, 11) is 0. The van der Waals surface area contributed by atoms with E-state index in [0.717, 1.165) is 33.8 Å². The molecule has 0 saturated heterocycles. The molecule has 0 N–H and O–H groups in total. The number of aryl methyl sites for hydroxylation is 1. The molecule has 1 aromatic heterocycles. The first-order valence-corrected chi connectivity index (χ1v) is 9.18. The van der Waals surface area contributed by atoms with E-state index in [1.807, 2.05) is 24.3 Å². The van der Waals surface area contributed by atoms with Crippen LogP contribution in [0.2, 0.25) is 0 Å². The monoisotopic (exact) mass is 349 g/mol. The van der Waals surface area contributed by atoms with Crippen molar-refractivity contribution in [2.24, 2.45) is 0 Å². The van der Waals surface area contributed by atoms with Crippen LogP contribution in [-0.2, 0) is 6.61 Å². The van der Waals surface area contributed by atoms with Crippen LogP contribution in [0.4, 0.5) is 0 Å². The third kappa shape index (κ3) is 2.80. The third-order valence-corrected chi connectivity index (χ3v) is 5.07. The molecule has 0 bridgehead atoms. The number of hydrogen-bond acceptors (Lipinski definition) is 2. The second kappa shape index (κ2) is 6.40. The van der Waals surface area contributed by atoms with Crippen molar-refractivity contribution in [3.63, 3.8) is 0 Å². The fourth-order valence-electron chi connectivity index (χ4n) is 3.63. The number of benzene rings is 3. The Balaban J connectivity index is 1.79. The Bertz CT molecular complexity index is 1100. The SMILES string of the molecule is Cc1ccc(-c2cc(-c3ccccc3)c3c(n2)-c2ccccc2OC3)cc1. The number of aromatic nitrogens is 1. The Morgan fingerprint density at radius 2 is 1.48 bits per heavy atom.